The van der Waals surface area contributed by atoms with Crippen LogP contribution in [0.4, 0.5) is 35.3 Å². The zero-order valence-electron chi connectivity index (χ0n) is 17.0. The van der Waals surface area contributed by atoms with Gasteiger partial charge in [0.1, 0.15) is 17.6 Å². The maximum absolute atomic E-state index is 13.1. The van der Waals surface area contributed by atoms with E-state index in [0.717, 1.165) is 13.3 Å². The maximum Gasteiger partial charge on any atom is 0.408 e. The second-order valence-electron chi connectivity index (χ2n) is 7.66. The van der Waals surface area contributed by atoms with Crippen LogP contribution in [0, 0.1) is 0 Å². The molecule has 2 aliphatic heterocycles. The number of rotatable bonds is 3. The lowest BCUT2D eigenvalue weighted by Gasteiger charge is -2.45. The molecule has 2 aliphatic rings. The monoisotopic (exact) mass is 468 g/mol. The van der Waals surface area contributed by atoms with Crippen molar-refractivity contribution < 1.29 is 22.8 Å². The number of fused-ring (bicyclic) bond motifs is 4. The number of pyridine rings is 2. The molecule has 32 heavy (non-hydrogen) atoms. The van der Waals surface area contributed by atoms with E-state index in [0.29, 0.717) is 31.0 Å². The third-order valence-corrected chi connectivity index (χ3v) is 5.73. The van der Waals surface area contributed by atoms with Crippen LogP contribution in [0.15, 0.2) is 30.5 Å². The van der Waals surface area contributed by atoms with Crippen LogP contribution >= 0.6 is 11.6 Å². The average molecular weight is 469 g/mol. The number of hydrogen-bond acceptors (Lipinski definition) is 5. The number of alkyl halides is 3. The van der Waals surface area contributed by atoms with Crippen LogP contribution in [0.2, 0.25) is 5.02 Å². The molecular formula is C20H20ClF3N6O2. The Kier molecular flexibility index (Phi) is 5.85. The van der Waals surface area contributed by atoms with Crippen molar-refractivity contribution >= 4 is 40.9 Å². The van der Waals surface area contributed by atoms with Gasteiger partial charge in [-0.1, -0.05) is 17.7 Å². The van der Waals surface area contributed by atoms with Gasteiger partial charge in [-0.25, -0.2) is 14.8 Å². The molecule has 2 N–H and O–H groups in total. The number of amides is 3. The van der Waals surface area contributed by atoms with Crippen molar-refractivity contribution in [3.05, 3.63) is 41.2 Å². The summed E-state index contributed by atoms with van der Waals surface area (Å²) in [4.78, 5) is 37.4. The van der Waals surface area contributed by atoms with Crippen molar-refractivity contribution in [1.82, 2.24) is 15.3 Å². The van der Waals surface area contributed by atoms with Crippen molar-refractivity contribution in [2.75, 3.05) is 28.2 Å². The number of carbonyl (C=O) groups is 2. The quantitative estimate of drug-likeness (QED) is 0.714. The summed E-state index contributed by atoms with van der Waals surface area (Å²) in [5, 5.41) is 4.48. The highest BCUT2D eigenvalue weighted by Gasteiger charge is 2.41. The van der Waals surface area contributed by atoms with E-state index in [1.807, 2.05) is 10.2 Å². The lowest BCUT2D eigenvalue weighted by atomic mass is 9.99. The summed E-state index contributed by atoms with van der Waals surface area (Å²) in [5.74, 6) is -0.565. The summed E-state index contributed by atoms with van der Waals surface area (Å²) >= 11 is 6.23. The molecule has 8 nitrogen and oxygen atoms in total. The van der Waals surface area contributed by atoms with Crippen molar-refractivity contribution in [3.8, 4) is 0 Å². The Morgan fingerprint density at radius 2 is 2.09 bits per heavy atom. The fourth-order valence-corrected chi connectivity index (χ4v) is 4.04. The van der Waals surface area contributed by atoms with Gasteiger partial charge in [0, 0.05) is 19.3 Å². The highest BCUT2D eigenvalue weighted by Crippen LogP contribution is 2.40. The Balaban J connectivity index is 1.70. The van der Waals surface area contributed by atoms with Crippen LogP contribution in [0.3, 0.4) is 0 Å². The van der Waals surface area contributed by atoms with Crippen LogP contribution in [0.5, 0.6) is 0 Å². The minimum atomic E-state index is -4.62. The normalized spacial score (nSPS) is 18.6. The highest BCUT2D eigenvalue weighted by atomic mass is 35.5. The molecule has 0 radical (unpaired) electrons. The van der Waals surface area contributed by atoms with E-state index in [4.69, 9.17) is 11.6 Å². The minimum absolute atomic E-state index is 0.0928. The zero-order valence-corrected chi connectivity index (χ0v) is 17.7. The number of aromatic nitrogens is 2. The summed E-state index contributed by atoms with van der Waals surface area (Å²) in [6.45, 7) is 2.10. The van der Waals surface area contributed by atoms with Crippen molar-refractivity contribution in [1.29, 1.82) is 0 Å². The van der Waals surface area contributed by atoms with Gasteiger partial charge in [0.25, 0.3) is 5.91 Å². The fourth-order valence-electron chi connectivity index (χ4n) is 3.81. The van der Waals surface area contributed by atoms with Gasteiger partial charge in [-0.2, -0.15) is 13.2 Å². The fraction of sp³-hybridized carbons (Fsp3) is 0.400. The van der Waals surface area contributed by atoms with Crippen molar-refractivity contribution in [2.45, 2.75) is 38.0 Å². The highest BCUT2D eigenvalue weighted by molar-refractivity contribution is 6.34. The summed E-state index contributed by atoms with van der Waals surface area (Å²) in [6.07, 6.45) is -1.54. The van der Waals surface area contributed by atoms with Gasteiger partial charge in [0.15, 0.2) is 5.82 Å². The van der Waals surface area contributed by atoms with Gasteiger partial charge in [-0.15, -0.1) is 0 Å². The summed E-state index contributed by atoms with van der Waals surface area (Å²) < 4.78 is 38.7. The molecule has 1 saturated heterocycles. The number of halogens is 4. The number of nitrogens with one attached hydrogen (secondary N) is 2. The second-order valence-corrected chi connectivity index (χ2v) is 8.06. The van der Waals surface area contributed by atoms with Crippen molar-refractivity contribution in [2.24, 2.45) is 0 Å². The van der Waals surface area contributed by atoms with Crippen LogP contribution < -0.4 is 20.4 Å². The summed E-state index contributed by atoms with van der Waals surface area (Å²) in [5.41, 5.74) is 0.167. The number of anilines is 3. The van der Waals surface area contributed by atoms with E-state index in [1.165, 1.54) is 17.2 Å². The molecule has 1 fully saturated rings. The third-order valence-electron chi connectivity index (χ3n) is 5.44. The smallest absolute Gasteiger partial charge is 0.366 e. The van der Waals surface area contributed by atoms with E-state index in [9.17, 15) is 22.8 Å². The maximum atomic E-state index is 13.1. The van der Waals surface area contributed by atoms with Crippen LogP contribution in [-0.4, -0.2) is 53.3 Å². The number of urea groups is 1. The lowest BCUT2D eigenvalue weighted by Crippen LogP contribution is -2.56. The largest absolute Gasteiger partial charge is 0.408 e. The molecule has 12 heteroatoms. The van der Waals surface area contributed by atoms with Crippen LogP contribution in [0.25, 0.3) is 0 Å². The Hall–Kier alpha value is -3.08. The molecule has 0 unspecified atom stereocenters. The zero-order chi connectivity index (χ0) is 23.0. The first-order valence-electron chi connectivity index (χ1n) is 9.99. The minimum Gasteiger partial charge on any atom is -0.366 e. The Morgan fingerprint density at radius 1 is 1.31 bits per heavy atom. The molecular weight excluding hydrogens is 449 g/mol. The molecule has 0 saturated carbocycles. The van der Waals surface area contributed by atoms with E-state index in [-0.39, 0.29) is 22.6 Å². The predicted molar refractivity (Wildman–Crippen MR) is 113 cm³/mol. The van der Waals surface area contributed by atoms with E-state index in [1.54, 1.807) is 18.2 Å². The van der Waals surface area contributed by atoms with Gasteiger partial charge >= 0.3 is 12.2 Å². The molecule has 3 amide bonds. The molecule has 2 aromatic rings. The average Bonchev–Trinajstić information content (AvgIpc) is 2.74. The topological polar surface area (TPSA) is 90.5 Å². The van der Waals surface area contributed by atoms with Crippen LogP contribution in [0.1, 0.15) is 30.3 Å². The summed E-state index contributed by atoms with van der Waals surface area (Å²) in [6, 6.07) is 3.72. The Morgan fingerprint density at radius 3 is 2.78 bits per heavy atom. The van der Waals surface area contributed by atoms with E-state index < -0.39 is 24.2 Å². The lowest BCUT2D eigenvalue weighted by molar-refractivity contribution is -0.149. The molecule has 170 valence electrons. The second kappa shape index (κ2) is 8.45. The molecule has 4 rings (SSSR count). The van der Waals surface area contributed by atoms with E-state index >= 15 is 0 Å². The number of hydrogen-bond donors (Lipinski definition) is 2. The molecule has 2 bridgehead atoms. The van der Waals surface area contributed by atoms with E-state index in [2.05, 4.69) is 15.3 Å². The first kappa shape index (κ1) is 22.1. The first-order valence-corrected chi connectivity index (χ1v) is 10.4. The predicted octanol–water partition coefficient (Wildman–Crippen LogP) is 3.83. The van der Waals surface area contributed by atoms with Gasteiger partial charge in [0.05, 0.1) is 16.8 Å². The molecule has 0 spiro atoms. The van der Waals surface area contributed by atoms with Gasteiger partial charge < -0.3 is 10.2 Å². The van der Waals surface area contributed by atoms with Crippen LogP contribution in [-0.2, 0) is 0 Å². The van der Waals surface area contributed by atoms with Gasteiger partial charge in [-0.3, -0.25) is 15.0 Å². The summed E-state index contributed by atoms with van der Waals surface area (Å²) in [7, 11) is 0. The first-order chi connectivity index (χ1) is 15.1. The Labute approximate surface area is 186 Å². The molecule has 2 atom stereocenters. The Bertz CT molecular complexity index is 1040. The molecule has 0 aromatic carbocycles. The van der Waals surface area contributed by atoms with Crippen molar-refractivity contribution in [3.63, 3.8) is 0 Å². The molecule has 0 aliphatic carbocycles. The van der Waals surface area contributed by atoms with Gasteiger partial charge in [-0.05, 0) is 38.0 Å². The molecule has 4 heterocycles. The standard InChI is InChI=1S/C20H20ClF3N6O2/c1-11(20(22,23)24)26-18(31)16-13(21)9-14-17(28-16)30(12-5-4-8-29(14)10-12)19(32)27-15-6-2-3-7-25-15/h2-3,6-7,9,11-12H,4-5,8,10H2,1H3,(H,26,31)(H,25,27,32)/t11-,12+/m1/s1. The van der Waals surface area contributed by atoms with Gasteiger partial charge in [0.2, 0.25) is 0 Å². The SMILES string of the molecule is C[C@@H](NC(=O)c1nc2c(cc1Cl)N1CCC[C@@H](C1)N2C(=O)Nc1ccccn1)C(F)(F)F. The number of carbonyl (C=O) groups excluding carboxylic acids is 2. The number of nitrogens with zero attached hydrogens (tertiary/aromatic N) is 4. The molecule has 2 aromatic heterocycles. The number of piperidine rings is 1. The third kappa shape index (κ3) is 4.29.